The fourth-order valence-electron chi connectivity index (χ4n) is 2.28. The molecule has 0 fully saturated rings. The first-order chi connectivity index (χ1) is 9.74. The van der Waals surface area contributed by atoms with Gasteiger partial charge in [-0.05, 0) is 12.5 Å². The van der Waals surface area contributed by atoms with E-state index in [1.165, 1.54) is 12.7 Å². The summed E-state index contributed by atoms with van der Waals surface area (Å²) in [6, 6.07) is 8.09. The molecule has 0 aromatic heterocycles. The Bertz CT molecular complexity index is 496. The lowest BCUT2D eigenvalue weighted by Crippen LogP contribution is -2.26. The molecule has 0 radical (unpaired) electrons. The van der Waals surface area contributed by atoms with Gasteiger partial charge in [-0.15, -0.1) is 0 Å². The lowest BCUT2D eigenvalue weighted by Gasteiger charge is -2.17. The molecule has 4 nitrogen and oxygen atoms in total. The highest BCUT2D eigenvalue weighted by molar-refractivity contribution is 5.88. The number of nitrogens with zero attached hydrogens (tertiary/aromatic N) is 1. The summed E-state index contributed by atoms with van der Waals surface area (Å²) in [6.45, 7) is 5.05. The Morgan fingerprint density at radius 1 is 1.45 bits per heavy atom. The van der Waals surface area contributed by atoms with Crippen molar-refractivity contribution in [3.63, 3.8) is 0 Å². The molecular formula is C16H21NO3. The lowest BCUT2D eigenvalue weighted by atomic mass is 10.1. The van der Waals surface area contributed by atoms with Crippen molar-refractivity contribution < 1.29 is 14.3 Å². The standard InChI is InChI=1S/C16H21NO3/c1-3-13(16(18)19-2)8-9-17-10-11-20-15-7-5-4-6-14(15)12-17/h4-8H,3,9-12H2,1-2H3. The summed E-state index contributed by atoms with van der Waals surface area (Å²) < 4.78 is 10.5. The van der Waals surface area contributed by atoms with Crippen molar-refractivity contribution in [3.05, 3.63) is 41.5 Å². The van der Waals surface area contributed by atoms with Crippen molar-refractivity contribution in [2.24, 2.45) is 0 Å². The third-order valence-electron chi connectivity index (χ3n) is 3.46. The Morgan fingerprint density at radius 2 is 2.25 bits per heavy atom. The van der Waals surface area contributed by atoms with Gasteiger partial charge < -0.3 is 9.47 Å². The minimum Gasteiger partial charge on any atom is -0.492 e. The summed E-state index contributed by atoms with van der Waals surface area (Å²) in [4.78, 5) is 13.8. The monoisotopic (exact) mass is 275 g/mol. The number of carbonyl (C=O) groups excluding carboxylic acids is 1. The smallest absolute Gasteiger partial charge is 0.333 e. The molecule has 0 aliphatic carbocycles. The summed E-state index contributed by atoms with van der Waals surface area (Å²) in [5, 5.41) is 0. The zero-order valence-electron chi connectivity index (χ0n) is 12.1. The molecule has 0 saturated heterocycles. The molecule has 0 saturated carbocycles. The molecule has 1 aliphatic rings. The first-order valence-electron chi connectivity index (χ1n) is 6.95. The number of carbonyl (C=O) groups is 1. The van der Waals surface area contributed by atoms with E-state index in [1.54, 1.807) is 0 Å². The summed E-state index contributed by atoms with van der Waals surface area (Å²) in [5.41, 5.74) is 1.92. The average Bonchev–Trinajstić information content (AvgIpc) is 2.69. The number of esters is 1. The molecule has 0 atom stereocenters. The first kappa shape index (κ1) is 14.6. The molecule has 1 aliphatic heterocycles. The van der Waals surface area contributed by atoms with Crippen LogP contribution < -0.4 is 4.74 Å². The molecule has 0 spiro atoms. The number of methoxy groups -OCH3 is 1. The Kier molecular flexibility index (Phi) is 5.18. The lowest BCUT2D eigenvalue weighted by molar-refractivity contribution is -0.136. The molecule has 0 unspecified atom stereocenters. The van der Waals surface area contributed by atoms with Gasteiger partial charge in [0.25, 0.3) is 0 Å². The van der Waals surface area contributed by atoms with Gasteiger partial charge in [-0.1, -0.05) is 31.2 Å². The van der Waals surface area contributed by atoms with Crippen LogP contribution in [0.2, 0.25) is 0 Å². The Hall–Kier alpha value is -1.81. The van der Waals surface area contributed by atoms with E-state index in [9.17, 15) is 4.79 Å². The van der Waals surface area contributed by atoms with Crippen LogP contribution in [0.15, 0.2) is 35.9 Å². The van der Waals surface area contributed by atoms with Crippen molar-refractivity contribution in [1.82, 2.24) is 4.90 Å². The van der Waals surface area contributed by atoms with Gasteiger partial charge in [0.05, 0.1) is 7.11 Å². The fraction of sp³-hybridized carbons (Fsp3) is 0.438. The third-order valence-corrected chi connectivity index (χ3v) is 3.46. The van der Waals surface area contributed by atoms with Gasteiger partial charge in [0.2, 0.25) is 0 Å². The Balaban J connectivity index is 2.04. The largest absolute Gasteiger partial charge is 0.492 e. The van der Waals surface area contributed by atoms with Gasteiger partial charge in [0.1, 0.15) is 12.4 Å². The van der Waals surface area contributed by atoms with Crippen LogP contribution in [0.1, 0.15) is 18.9 Å². The van der Waals surface area contributed by atoms with Crippen molar-refractivity contribution in [3.8, 4) is 5.75 Å². The van der Waals surface area contributed by atoms with E-state index in [0.29, 0.717) is 13.0 Å². The van der Waals surface area contributed by atoms with Crippen LogP contribution in [0.5, 0.6) is 5.75 Å². The van der Waals surface area contributed by atoms with Gasteiger partial charge >= 0.3 is 5.97 Å². The van der Waals surface area contributed by atoms with Gasteiger partial charge in [-0.25, -0.2) is 4.79 Å². The van der Waals surface area contributed by atoms with Crippen LogP contribution in [0.3, 0.4) is 0 Å². The second-order valence-corrected chi connectivity index (χ2v) is 4.77. The zero-order valence-corrected chi connectivity index (χ0v) is 12.1. The second kappa shape index (κ2) is 7.10. The quantitative estimate of drug-likeness (QED) is 0.625. The van der Waals surface area contributed by atoms with Crippen LogP contribution in [-0.4, -0.2) is 37.7 Å². The van der Waals surface area contributed by atoms with E-state index in [-0.39, 0.29) is 5.97 Å². The van der Waals surface area contributed by atoms with Gasteiger partial charge in [-0.3, -0.25) is 4.90 Å². The number of rotatable bonds is 4. The summed E-state index contributed by atoms with van der Waals surface area (Å²) in [5.74, 6) is 0.724. The molecule has 0 bridgehead atoms. The van der Waals surface area contributed by atoms with Crippen LogP contribution in [0, 0.1) is 0 Å². The minimum absolute atomic E-state index is 0.237. The Labute approximate surface area is 120 Å². The molecule has 0 N–H and O–H groups in total. The van der Waals surface area contributed by atoms with E-state index in [4.69, 9.17) is 9.47 Å². The summed E-state index contributed by atoms with van der Waals surface area (Å²) in [7, 11) is 1.42. The summed E-state index contributed by atoms with van der Waals surface area (Å²) >= 11 is 0. The normalized spacial score (nSPS) is 16.0. The zero-order chi connectivity index (χ0) is 14.4. The maximum atomic E-state index is 11.5. The molecule has 2 rings (SSSR count). The van der Waals surface area contributed by atoms with Crippen molar-refractivity contribution in [2.45, 2.75) is 19.9 Å². The van der Waals surface area contributed by atoms with E-state index in [2.05, 4.69) is 11.0 Å². The van der Waals surface area contributed by atoms with E-state index in [1.807, 2.05) is 31.2 Å². The van der Waals surface area contributed by atoms with Gasteiger partial charge in [-0.2, -0.15) is 0 Å². The van der Waals surface area contributed by atoms with Crippen LogP contribution in [0.4, 0.5) is 0 Å². The fourth-order valence-corrected chi connectivity index (χ4v) is 2.28. The number of fused-ring (bicyclic) bond motifs is 1. The second-order valence-electron chi connectivity index (χ2n) is 4.77. The molecule has 1 aromatic rings. The van der Waals surface area contributed by atoms with E-state index >= 15 is 0 Å². The molecule has 20 heavy (non-hydrogen) atoms. The molecule has 0 amide bonds. The van der Waals surface area contributed by atoms with E-state index < -0.39 is 0 Å². The highest BCUT2D eigenvalue weighted by Gasteiger charge is 2.14. The van der Waals surface area contributed by atoms with Crippen molar-refractivity contribution >= 4 is 5.97 Å². The molecule has 1 aromatic carbocycles. The summed E-state index contributed by atoms with van der Waals surface area (Å²) in [6.07, 6.45) is 2.65. The van der Waals surface area contributed by atoms with Gasteiger partial charge in [0.15, 0.2) is 0 Å². The predicted octanol–water partition coefficient (Wildman–Crippen LogP) is 2.39. The first-order valence-corrected chi connectivity index (χ1v) is 6.95. The number of hydrogen-bond acceptors (Lipinski definition) is 4. The molecule has 4 heteroatoms. The number of ether oxygens (including phenoxy) is 2. The average molecular weight is 275 g/mol. The third kappa shape index (κ3) is 3.61. The highest BCUT2D eigenvalue weighted by atomic mass is 16.5. The van der Waals surface area contributed by atoms with Crippen molar-refractivity contribution in [2.75, 3.05) is 26.8 Å². The van der Waals surface area contributed by atoms with Crippen LogP contribution >= 0.6 is 0 Å². The SMILES string of the molecule is CCC(=CCN1CCOc2ccccc2C1)C(=O)OC. The van der Waals surface area contributed by atoms with Crippen LogP contribution in [0.25, 0.3) is 0 Å². The molecule has 1 heterocycles. The highest BCUT2D eigenvalue weighted by Crippen LogP contribution is 2.22. The maximum absolute atomic E-state index is 11.5. The number of hydrogen-bond donors (Lipinski definition) is 0. The topological polar surface area (TPSA) is 38.8 Å². The minimum atomic E-state index is -0.237. The van der Waals surface area contributed by atoms with Crippen LogP contribution in [-0.2, 0) is 16.1 Å². The van der Waals surface area contributed by atoms with E-state index in [0.717, 1.165) is 31.0 Å². The predicted molar refractivity (Wildman–Crippen MR) is 77.6 cm³/mol. The molecule has 108 valence electrons. The number of para-hydroxylation sites is 1. The van der Waals surface area contributed by atoms with Gasteiger partial charge in [0, 0.05) is 30.8 Å². The Morgan fingerprint density at radius 3 is 3.00 bits per heavy atom. The number of benzene rings is 1. The maximum Gasteiger partial charge on any atom is 0.333 e. The molecular weight excluding hydrogens is 254 g/mol. The van der Waals surface area contributed by atoms with Crippen molar-refractivity contribution in [1.29, 1.82) is 0 Å².